The fraction of sp³-hybridized carbons (Fsp3) is 0.417. The number of hydrogen-bond donors (Lipinski definition) is 2. The molecular formula is C12H13ClN2O. The van der Waals surface area contributed by atoms with E-state index in [9.17, 15) is 4.79 Å². The number of amides is 1. The van der Waals surface area contributed by atoms with E-state index in [1.54, 1.807) is 0 Å². The molecule has 16 heavy (non-hydrogen) atoms. The highest BCUT2D eigenvalue weighted by molar-refractivity contribution is 6.34. The normalized spacial score (nSPS) is 20.5. The minimum Gasteiger partial charge on any atom is -0.325 e. The van der Waals surface area contributed by atoms with Crippen molar-refractivity contribution in [2.75, 3.05) is 5.32 Å². The Kier molecular flexibility index (Phi) is 2.03. The van der Waals surface area contributed by atoms with Gasteiger partial charge in [0.1, 0.15) is 0 Å². The van der Waals surface area contributed by atoms with Crippen molar-refractivity contribution in [2.45, 2.75) is 31.2 Å². The van der Waals surface area contributed by atoms with Gasteiger partial charge in [-0.05, 0) is 36.5 Å². The summed E-state index contributed by atoms with van der Waals surface area (Å²) in [5, 5.41) is 3.40. The van der Waals surface area contributed by atoms with Gasteiger partial charge < -0.3 is 11.1 Å². The molecule has 84 valence electrons. The van der Waals surface area contributed by atoms with Crippen LogP contribution in [0.1, 0.15) is 24.0 Å². The van der Waals surface area contributed by atoms with Crippen LogP contribution in [-0.2, 0) is 17.6 Å². The van der Waals surface area contributed by atoms with E-state index in [0.29, 0.717) is 11.4 Å². The first kappa shape index (κ1) is 10.1. The predicted octanol–water partition coefficient (Wildman–Crippen LogP) is 1.87. The predicted molar refractivity (Wildman–Crippen MR) is 63.6 cm³/mol. The van der Waals surface area contributed by atoms with Gasteiger partial charge in [-0.25, -0.2) is 0 Å². The standard InChI is InChI=1S/C12H13ClN2O/c13-9-4-7(6-12(14)1-2-12)3-8-5-10(16)15-11(8)9/h3-4H,1-2,5-6,14H2,(H,15,16). The van der Waals surface area contributed by atoms with Gasteiger partial charge in [0, 0.05) is 5.54 Å². The van der Waals surface area contributed by atoms with Gasteiger partial charge >= 0.3 is 0 Å². The molecule has 3 nitrogen and oxygen atoms in total. The molecule has 0 atom stereocenters. The van der Waals surface area contributed by atoms with E-state index >= 15 is 0 Å². The average molecular weight is 237 g/mol. The monoisotopic (exact) mass is 236 g/mol. The molecule has 0 radical (unpaired) electrons. The second-order valence-corrected chi connectivity index (χ2v) is 5.28. The molecule has 0 aromatic heterocycles. The van der Waals surface area contributed by atoms with Crippen LogP contribution in [0.25, 0.3) is 0 Å². The molecule has 1 heterocycles. The molecule has 1 aliphatic carbocycles. The Bertz CT molecular complexity index is 480. The number of fused-ring (bicyclic) bond motifs is 1. The van der Waals surface area contributed by atoms with E-state index in [4.69, 9.17) is 17.3 Å². The van der Waals surface area contributed by atoms with Crippen molar-refractivity contribution in [2.24, 2.45) is 5.73 Å². The maximum absolute atomic E-state index is 11.3. The zero-order valence-corrected chi connectivity index (χ0v) is 9.60. The molecule has 3 N–H and O–H groups in total. The first-order valence-corrected chi connectivity index (χ1v) is 5.84. The number of carbonyl (C=O) groups excluding carboxylic acids is 1. The maximum Gasteiger partial charge on any atom is 0.228 e. The molecule has 1 aromatic carbocycles. The summed E-state index contributed by atoms with van der Waals surface area (Å²) in [4.78, 5) is 11.3. The van der Waals surface area contributed by atoms with E-state index in [1.807, 2.05) is 12.1 Å². The smallest absolute Gasteiger partial charge is 0.228 e. The van der Waals surface area contributed by atoms with Gasteiger partial charge in [0.2, 0.25) is 5.91 Å². The fourth-order valence-electron chi connectivity index (χ4n) is 2.21. The van der Waals surface area contributed by atoms with Crippen molar-refractivity contribution in [3.8, 4) is 0 Å². The number of benzene rings is 1. The number of carbonyl (C=O) groups is 1. The number of halogens is 1. The third kappa shape index (κ3) is 1.70. The summed E-state index contributed by atoms with van der Waals surface area (Å²) >= 11 is 6.13. The Balaban J connectivity index is 1.94. The van der Waals surface area contributed by atoms with Crippen molar-refractivity contribution < 1.29 is 4.79 Å². The van der Waals surface area contributed by atoms with Gasteiger partial charge in [-0.3, -0.25) is 4.79 Å². The molecule has 0 spiro atoms. The summed E-state index contributed by atoms with van der Waals surface area (Å²) in [5.74, 6) is 0.0166. The zero-order chi connectivity index (χ0) is 11.3. The lowest BCUT2D eigenvalue weighted by atomic mass is 10.0. The lowest BCUT2D eigenvalue weighted by Crippen LogP contribution is -2.24. The first-order chi connectivity index (χ1) is 7.56. The molecule has 0 unspecified atom stereocenters. The number of nitrogens with one attached hydrogen (secondary N) is 1. The summed E-state index contributed by atoms with van der Waals surface area (Å²) in [7, 11) is 0. The van der Waals surface area contributed by atoms with Crippen molar-refractivity contribution in [1.29, 1.82) is 0 Å². The van der Waals surface area contributed by atoms with Crippen LogP contribution in [0.15, 0.2) is 12.1 Å². The second kappa shape index (κ2) is 3.22. The second-order valence-electron chi connectivity index (χ2n) is 4.88. The summed E-state index contributed by atoms with van der Waals surface area (Å²) < 4.78 is 0. The highest BCUT2D eigenvalue weighted by Gasteiger charge is 2.38. The molecule has 1 aromatic rings. The van der Waals surface area contributed by atoms with Crippen LogP contribution < -0.4 is 11.1 Å². The van der Waals surface area contributed by atoms with Crippen molar-refractivity contribution in [3.63, 3.8) is 0 Å². The molecule has 4 heteroatoms. The van der Waals surface area contributed by atoms with Gasteiger partial charge in [0.05, 0.1) is 17.1 Å². The fourth-order valence-corrected chi connectivity index (χ4v) is 2.52. The van der Waals surface area contributed by atoms with E-state index in [1.165, 1.54) is 0 Å². The van der Waals surface area contributed by atoms with Gasteiger partial charge in [0.25, 0.3) is 0 Å². The Labute approximate surface area is 99.0 Å². The van der Waals surface area contributed by atoms with Crippen LogP contribution in [0.3, 0.4) is 0 Å². The SMILES string of the molecule is NC1(Cc2cc(Cl)c3c(c2)CC(=O)N3)CC1. The van der Waals surface area contributed by atoms with Crippen LogP contribution in [0.5, 0.6) is 0 Å². The molecule has 3 rings (SSSR count). The van der Waals surface area contributed by atoms with Crippen molar-refractivity contribution in [3.05, 3.63) is 28.3 Å². The quantitative estimate of drug-likeness (QED) is 0.824. The Hall–Kier alpha value is -1.06. The number of hydrogen-bond acceptors (Lipinski definition) is 2. The maximum atomic E-state index is 11.3. The van der Waals surface area contributed by atoms with Crippen LogP contribution in [0, 0.1) is 0 Å². The summed E-state index contributed by atoms with van der Waals surface area (Å²) in [6, 6.07) is 3.96. The van der Waals surface area contributed by atoms with Gasteiger partial charge in [-0.15, -0.1) is 0 Å². The Morgan fingerprint density at radius 2 is 2.19 bits per heavy atom. The Morgan fingerprint density at radius 1 is 1.44 bits per heavy atom. The third-order valence-corrected chi connectivity index (χ3v) is 3.59. The van der Waals surface area contributed by atoms with Crippen LogP contribution in [0.4, 0.5) is 5.69 Å². The summed E-state index contributed by atoms with van der Waals surface area (Å²) in [6.45, 7) is 0. The molecule has 0 bridgehead atoms. The molecule has 1 amide bonds. The molecular weight excluding hydrogens is 224 g/mol. The van der Waals surface area contributed by atoms with E-state index in [-0.39, 0.29) is 11.4 Å². The van der Waals surface area contributed by atoms with E-state index < -0.39 is 0 Å². The molecule has 1 fully saturated rings. The number of nitrogens with two attached hydrogens (primary N) is 1. The molecule has 2 aliphatic rings. The molecule has 1 aliphatic heterocycles. The van der Waals surface area contributed by atoms with E-state index in [2.05, 4.69) is 5.32 Å². The summed E-state index contributed by atoms with van der Waals surface area (Å²) in [6.07, 6.45) is 3.45. The topological polar surface area (TPSA) is 55.1 Å². The average Bonchev–Trinajstić information content (AvgIpc) is 2.76. The Morgan fingerprint density at radius 3 is 2.88 bits per heavy atom. The lowest BCUT2D eigenvalue weighted by molar-refractivity contribution is -0.115. The van der Waals surface area contributed by atoms with Crippen molar-refractivity contribution in [1.82, 2.24) is 0 Å². The highest BCUT2D eigenvalue weighted by Crippen LogP contribution is 2.38. The minimum absolute atomic E-state index is 0.0166. The highest BCUT2D eigenvalue weighted by atomic mass is 35.5. The van der Waals surface area contributed by atoms with Gasteiger partial charge in [-0.2, -0.15) is 0 Å². The molecule has 0 saturated heterocycles. The van der Waals surface area contributed by atoms with Crippen molar-refractivity contribution >= 4 is 23.2 Å². The minimum atomic E-state index is -0.0202. The van der Waals surface area contributed by atoms with Gasteiger partial charge in [0.15, 0.2) is 0 Å². The largest absolute Gasteiger partial charge is 0.325 e. The number of rotatable bonds is 2. The van der Waals surface area contributed by atoms with E-state index in [0.717, 1.165) is 36.1 Å². The summed E-state index contributed by atoms with van der Waals surface area (Å²) in [5.41, 5.74) is 8.97. The number of anilines is 1. The van der Waals surface area contributed by atoms with Crippen LogP contribution in [0.2, 0.25) is 5.02 Å². The van der Waals surface area contributed by atoms with Gasteiger partial charge in [-0.1, -0.05) is 17.7 Å². The van der Waals surface area contributed by atoms with Crippen LogP contribution in [-0.4, -0.2) is 11.4 Å². The molecule has 1 saturated carbocycles. The lowest BCUT2D eigenvalue weighted by Gasteiger charge is -2.11. The first-order valence-electron chi connectivity index (χ1n) is 5.46. The van der Waals surface area contributed by atoms with Crippen LogP contribution >= 0.6 is 11.6 Å². The zero-order valence-electron chi connectivity index (χ0n) is 8.85. The third-order valence-electron chi connectivity index (χ3n) is 3.30.